The molecule has 0 spiro atoms. The second kappa shape index (κ2) is 5.45. The van der Waals surface area contributed by atoms with E-state index in [0.29, 0.717) is 18.5 Å². The van der Waals surface area contributed by atoms with Crippen LogP contribution in [0.1, 0.15) is 32.4 Å². The Morgan fingerprint density at radius 1 is 1.47 bits per heavy atom. The Balaban J connectivity index is 2.18. The smallest absolute Gasteiger partial charge is 0.132 e. The van der Waals surface area contributed by atoms with Gasteiger partial charge >= 0.3 is 0 Å². The lowest BCUT2D eigenvalue weighted by Gasteiger charge is -2.26. The van der Waals surface area contributed by atoms with Crippen LogP contribution in [0.5, 0.6) is 0 Å². The molecule has 1 saturated heterocycles. The van der Waals surface area contributed by atoms with Gasteiger partial charge in [-0.25, -0.2) is 9.97 Å². The average molecular weight is 234 g/mol. The van der Waals surface area contributed by atoms with Gasteiger partial charge in [0.1, 0.15) is 12.1 Å². The number of aromatic nitrogens is 2. The fourth-order valence-electron chi connectivity index (χ4n) is 2.59. The second-order valence-electron chi connectivity index (χ2n) is 4.88. The zero-order valence-corrected chi connectivity index (χ0v) is 10.8. The first-order chi connectivity index (χ1) is 8.26. The van der Waals surface area contributed by atoms with E-state index in [2.05, 4.69) is 34.8 Å². The van der Waals surface area contributed by atoms with Crippen LogP contribution in [0, 0.1) is 5.92 Å². The van der Waals surface area contributed by atoms with Gasteiger partial charge < -0.3 is 10.6 Å². The number of hydrogen-bond donors (Lipinski definition) is 1. The van der Waals surface area contributed by atoms with Crippen molar-refractivity contribution < 1.29 is 0 Å². The molecule has 0 radical (unpaired) electrons. The standard InChI is InChI=1S/C13H22N4/c1-3-4-11-7-13(16-9-15-11)17-6-5-10(2)12(17)8-14/h7,9-10,12H,3-6,8,14H2,1-2H3. The molecule has 1 aliphatic rings. The minimum Gasteiger partial charge on any atom is -0.352 e. The van der Waals surface area contributed by atoms with Gasteiger partial charge in [-0.3, -0.25) is 0 Å². The van der Waals surface area contributed by atoms with Crippen LogP contribution in [0.2, 0.25) is 0 Å². The zero-order valence-electron chi connectivity index (χ0n) is 10.8. The van der Waals surface area contributed by atoms with Gasteiger partial charge in [0.15, 0.2) is 0 Å². The highest BCUT2D eigenvalue weighted by Crippen LogP contribution is 2.27. The summed E-state index contributed by atoms with van der Waals surface area (Å²) in [6.07, 6.45) is 5.02. The summed E-state index contributed by atoms with van der Waals surface area (Å²) in [5.41, 5.74) is 7.00. The summed E-state index contributed by atoms with van der Waals surface area (Å²) in [5, 5.41) is 0. The van der Waals surface area contributed by atoms with Crippen molar-refractivity contribution in [3.8, 4) is 0 Å². The number of aryl methyl sites for hydroxylation is 1. The van der Waals surface area contributed by atoms with Crippen LogP contribution >= 0.6 is 0 Å². The number of rotatable bonds is 4. The van der Waals surface area contributed by atoms with Gasteiger partial charge in [0.05, 0.1) is 0 Å². The van der Waals surface area contributed by atoms with Crippen molar-refractivity contribution in [2.45, 2.75) is 39.2 Å². The van der Waals surface area contributed by atoms with E-state index in [4.69, 9.17) is 5.73 Å². The highest BCUT2D eigenvalue weighted by molar-refractivity contribution is 5.42. The fourth-order valence-corrected chi connectivity index (χ4v) is 2.59. The molecule has 4 nitrogen and oxygen atoms in total. The third-order valence-corrected chi connectivity index (χ3v) is 3.63. The van der Waals surface area contributed by atoms with Gasteiger partial charge in [-0.1, -0.05) is 20.3 Å². The maximum absolute atomic E-state index is 5.86. The van der Waals surface area contributed by atoms with E-state index >= 15 is 0 Å². The molecule has 2 heterocycles. The predicted octanol–water partition coefficient (Wildman–Crippen LogP) is 1.60. The van der Waals surface area contributed by atoms with Crippen molar-refractivity contribution >= 4 is 5.82 Å². The second-order valence-corrected chi connectivity index (χ2v) is 4.88. The highest BCUT2D eigenvalue weighted by Gasteiger charge is 2.30. The first-order valence-electron chi connectivity index (χ1n) is 6.54. The fraction of sp³-hybridized carbons (Fsp3) is 0.692. The normalized spacial score (nSPS) is 24.3. The van der Waals surface area contributed by atoms with E-state index in [0.717, 1.165) is 30.9 Å². The van der Waals surface area contributed by atoms with Gasteiger partial charge in [0, 0.05) is 30.9 Å². The first-order valence-corrected chi connectivity index (χ1v) is 6.54. The van der Waals surface area contributed by atoms with Crippen LogP contribution in [0.15, 0.2) is 12.4 Å². The average Bonchev–Trinajstić information content (AvgIpc) is 2.71. The monoisotopic (exact) mass is 234 g/mol. The summed E-state index contributed by atoms with van der Waals surface area (Å²) in [5.74, 6) is 1.70. The van der Waals surface area contributed by atoms with Crippen molar-refractivity contribution in [2.75, 3.05) is 18.0 Å². The van der Waals surface area contributed by atoms with Gasteiger partial charge in [0.2, 0.25) is 0 Å². The Kier molecular flexibility index (Phi) is 3.94. The third-order valence-electron chi connectivity index (χ3n) is 3.63. The molecule has 1 aliphatic heterocycles. The quantitative estimate of drug-likeness (QED) is 0.860. The van der Waals surface area contributed by atoms with Crippen LogP contribution in [0.3, 0.4) is 0 Å². The molecule has 2 unspecified atom stereocenters. The molecule has 1 aromatic heterocycles. The number of anilines is 1. The van der Waals surface area contributed by atoms with Gasteiger partial charge in [-0.2, -0.15) is 0 Å². The Labute approximate surface area is 103 Å². The summed E-state index contributed by atoms with van der Waals surface area (Å²) >= 11 is 0. The number of hydrogen-bond acceptors (Lipinski definition) is 4. The lowest BCUT2D eigenvalue weighted by molar-refractivity contribution is 0.517. The maximum Gasteiger partial charge on any atom is 0.132 e. The Bertz CT molecular complexity index is 366. The van der Waals surface area contributed by atoms with E-state index < -0.39 is 0 Å². The van der Waals surface area contributed by atoms with E-state index in [-0.39, 0.29) is 0 Å². The minimum absolute atomic E-state index is 0.430. The van der Waals surface area contributed by atoms with Crippen molar-refractivity contribution in [1.29, 1.82) is 0 Å². The molecule has 94 valence electrons. The molecular weight excluding hydrogens is 212 g/mol. The largest absolute Gasteiger partial charge is 0.352 e. The SMILES string of the molecule is CCCc1cc(N2CCC(C)C2CN)ncn1. The van der Waals surface area contributed by atoms with Crippen LogP contribution in [0.4, 0.5) is 5.82 Å². The predicted molar refractivity (Wildman–Crippen MR) is 70.0 cm³/mol. The number of nitrogens with two attached hydrogens (primary N) is 1. The van der Waals surface area contributed by atoms with Crippen molar-refractivity contribution in [2.24, 2.45) is 11.7 Å². The lowest BCUT2D eigenvalue weighted by atomic mass is 10.0. The molecule has 2 rings (SSSR count). The van der Waals surface area contributed by atoms with E-state index in [1.165, 1.54) is 6.42 Å². The van der Waals surface area contributed by atoms with E-state index in [9.17, 15) is 0 Å². The minimum atomic E-state index is 0.430. The Hall–Kier alpha value is -1.16. The van der Waals surface area contributed by atoms with Crippen LogP contribution in [0.25, 0.3) is 0 Å². The molecule has 1 fully saturated rings. The Morgan fingerprint density at radius 3 is 3.00 bits per heavy atom. The molecular formula is C13H22N4. The van der Waals surface area contributed by atoms with Crippen LogP contribution in [-0.2, 0) is 6.42 Å². The molecule has 2 N–H and O–H groups in total. The van der Waals surface area contributed by atoms with Crippen molar-refractivity contribution in [3.05, 3.63) is 18.1 Å². The van der Waals surface area contributed by atoms with Gasteiger partial charge in [-0.05, 0) is 18.8 Å². The Morgan fingerprint density at radius 2 is 2.29 bits per heavy atom. The molecule has 2 atom stereocenters. The third kappa shape index (κ3) is 2.57. The molecule has 0 amide bonds. The molecule has 0 aliphatic carbocycles. The zero-order chi connectivity index (χ0) is 12.3. The summed E-state index contributed by atoms with van der Waals surface area (Å²) in [6.45, 7) is 6.20. The van der Waals surface area contributed by atoms with Crippen LogP contribution < -0.4 is 10.6 Å². The van der Waals surface area contributed by atoms with E-state index in [1.54, 1.807) is 6.33 Å². The van der Waals surface area contributed by atoms with Crippen molar-refractivity contribution in [1.82, 2.24) is 9.97 Å². The number of nitrogens with zero attached hydrogens (tertiary/aromatic N) is 3. The maximum atomic E-state index is 5.86. The molecule has 0 aromatic carbocycles. The molecule has 1 aromatic rings. The lowest BCUT2D eigenvalue weighted by Crippen LogP contribution is -2.38. The molecule has 0 bridgehead atoms. The van der Waals surface area contributed by atoms with Crippen molar-refractivity contribution in [3.63, 3.8) is 0 Å². The summed E-state index contributed by atoms with van der Waals surface area (Å²) in [6, 6.07) is 2.55. The van der Waals surface area contributed by atoms with Gasteiger partial charge in [-0.15, -0.1) is 0 Å². The van der Waals surface area contributed by atoms with Gasteiger partial charge in [0.25, 0.3) is 0 Å². The molecule has 4 heteroatoms. The molecule has 0 saturated carbocycles. The van der Waals surface area contributed by atoms with E-state index in [1.807, 2.05) is 0 Å². The molecule has 17 heavy (non-hydrogen) atoms. The summed E-state index contributed by atoms with van der Waals surface area (Å²) < 4.78 is 0. The van der Waals surface area contributed by atoms with Crippen LogP contribution in [-0.4, -0.2) is 29.1 Å². The summed E-state index contributed by atoms with van der Waals surface area (Å²) in [7, 11) is 0. The summed E-state index contributed by atoms with van der Waals surface area (Å²) in [4.78, 5) is 11.0. The highest BCUT2D eigenvalue weighted by atomic mass is 15.2. The first kappa shape index (κ1) is 12.3. The topological polar surface area (TPSA) is 55.0 Å².